The lowest BCUT2D eigenvalue weighted by molar-refractivity contribution is -0.122. The second-order valence-corrected chi connectivity index (χ2v) is 9.13. The molecule has 0 saturated carbocycles. The number of amides is 1. The molecule has 0 radical (unpaired) electrons. The monoisotopic (exact) mass is 421 g/mol. The van der Waals surface area contributed by atoms with Crippen molar-refractivity contribution in [3.63, 3.8) is 0 Å². The van der Waals surface area contributed by atoms with Crippen LogP contribution in [0.4, 0.5) is 5.69 Å². The Kier molecular flexibility index (Phi) is 6.48. The summed E-state index contributed by atoms with van der Waals surface area (Å²) in [4.78, 5) is 17.4. The van der Waals surface area contributed by atoms with Gasteiger partial charge < -0.3 is 14.6 Å². The number of nitrogens with one attached hydrogen (secondary N) is 1. The molecule has 2 aromatic carbocycles. The third-order valence-electron chi connectivity index (χ3n) is 5.11. The molecule has 6 heteroatoms. The van der Waals surface area contributed by atoms with Crippen LogP contribution in [0.15, 0.2) is 47.0 Å². The van der Waals surface area contributed by atoms with Crippen LogP contribution in [0.1, 0.15) is 64.4 Å². The molecule has 1 heterocycles. The molecule has 0 saturated heterocycles. The lowest BCUT2D eigenvalue weighted by Gasteiger charge is -2.20. The van der Waals surface area contributed by atoms with Crippen LogP contribution in [-0.2, 0) is 10.2 Å². The smallest absolute Gasteiger partial charge is 0.265 e. The van der Waals surface area contributed by atoms with Crippen LogP contribution in [0.5, 0.6) is 5.75 Å². The first-order chi connectivity index (χ1) is 14.6. The second-order valence-electron chi connectivity index (χ2n) is 9.13. The van der Waals surface area contributed by atoms with E-state index in [1.165, 1.54) is 5.56 Å². The number of nitrogens with zero attached hydrogens (tertiary/aromatic N) is 2. The molecule has 0 aliphatic heterocycles. The Labute approximate surface area is 184 Å². The zero-order valence-corrected chi connectivity index (χ0v) is 19.3. The summed E-state index contributed by atoms with van der Waals surface area (Å²) in [7, 11) is 0. The summed E-state index contributed by atoms with van der Waals surface area (Å²) >= 11 is 0. The van der Waals surface area contributed by atoms with E-state index in [0.29, 0.717) is 28.7 Å². The topological polar surface area (TPSA) is 77.3 Å². The van der Waals surface area contributed by atoms with Gasteiger partial charge in [0.25, 0.3) is 11.8 Å². The van der Waals surface area contributed by atoms with E-state index in [1.54, 1.807) is 6.92 Å². The highest BCUT2D eigenvalue weighted by molar-refractivity contribution is 5.98. The maximum Gasteiger partial charge on any atom is 0.265 e. The van der Waals surface area contributed by atoms with E-state index < -0.39 is 6.10 Å². The Morgan fingerprint density at radius 3 is 2.32 bits per heavy atom. The number of para-hydroxylation sites is 1. The molecule has 1 aromatic heterocycles. The maximum absolute atomic E-state index is 12.9. The summed E-state index contributed by atoms with van der Waals surface area (Å²) in [5, 5.41) is 7.01. The van der Waals surface area contributed by atoms with Crippen molar-refractivity contribution in [2.24, 2.45) is 0 Å². The minimum atomic E-state index is -0.679. The van der Waals surface area contributed by atoms with Gasteiger partial charge in [0.1, 0.15) is 5.75 Å². The van der Waals surface area contributed by atoms with E-state index >= 15 is 0 Å². The zero-order chi connectivity index (χ0) is 22.8. The van der Waals surface area contributed by atoms with Crippen LogP contribution in [0.3, 0.4) is 0 Å². The molecule has 31 heavy (non-hydrogen) atoms. The number of ether oxygens (including phenoxy) is 1. The van der Waals surface area contributed by atoms with Gasteiger partial charge in [-0.2, -0.15) is 4.98 Å². The van der Waals surface area contributed by atoms with E-state index in [-0.39, 0.29) is 17.2 Å². The highest BCUT2D eigenvalue weighted by Crippen LogP contribution is 2.31. The molecule has 3 rings (SSSR count). The van der Waals surface area contributed by atoms with E-state index in [4.69, 9.17) is 9.26 Å². The van der Waals surface area contributed by atoms with Gasteiger partial charge >= 0.3 is 0 Å². The molecule has 0 fully saturated rings. The van der Waals surface area contributed by atoms with Crippen molar-refractivity contribution in [2.45, 2.75) is 65.9 Å². The Morgan fingerprint density at radius 2 is 1.74 bits per heavy atom. The fourth-order valence-corrected chi connectivity index (χ4v) is 3.11. The van der Waals surface area contributed by atoms with E-state index in [1.807, 2.05) is 63.2 Å². The molecule has 164 valence electrons. The molecule has 6 nitrogen and oxygen atoms in total. The maximum atomic E-state index is 12.9. The predicted octanol–water partition coefficient (Wildman–Crippen LogP) is 5.87. The molecule has 0 spiro atoms. The summed E-state index contributed by atoms with van der Waals surface area (Å²) in [5.74, 6) is 1.56. The number of carbonyl (C=O) groups is 1. The third kappa shape index (κ3) is 5.32. The van der Waals surface area contributed by atoms with Gasteiger partial charge in [0.05, 0.1) is 11.3 Å². The minimum absolute atomic E-state index is 0.0624. The van der Waals surface area contributed by atoms with Crippen molar-refractivity contribution in [3.05, 3.63) is 59.4 Å². The van der Waals surface area contributed by atoms with Crippen molar-refractivity contribution in [2.75, 3.05) is 5.32 Å². The third-order valence-corrected chi connectivity index (χ3v) is 5.11. The number of benzene rings is 2. The number of rotatable bonds is 6. The first-order valence-electron chi connectivity index (χ1n) is 10.6. The van der Waals surface area contributed by atoms with Gasteiger partial charge in [-0.1, -0.05) is 64.0 Å². The van der Waals surface area contributed by atoms with Crippen molar-refractivity contribution in [1.82, 2.24) is 10.1 Å². The first-order valence-corrected chi connectivity index (χ1v) is 10.6. The summed E-state index contributed by atoms with van der Waals surface area (Å²) in [5.41, 5.74) is 3.51. The van der Waals surface area contributed by atoms with Crippen molar-refractivity contribution < 1.29 is 14.1 Å². The minimum Gasteiger partial charge on any atom is -0.481 e. The Bertz CT molecular complexity index is 1050. The number of carbonyl (C=O) groups excluding carboxylic acids is 1. The highest BCUT2D eigenvalue weighted by atomic mass is 16.5. The summed E-state index contributed by atoms with van der Waals surface area (Å²) in [6.07, 6.45) is -0.679. The largest absolute Gasteiger partial charge is 0.481 e. The molecule has 1 atom stereocenters. The number of aryl methyl sites for hydroxylation is 1. The molecular weight excluding hydrogens is 390 g/mol. The van der Waals surface area contributed by atoms with E-state index in [9.17, 15) is 4.79 Å². The number of hydrogen-bond donors (Lipinski definition) is 1. The Balaban J connectivity index is 1.76. The van der Waals surface area contributed by atoms with Crippen LogP contribution in [0, 0.1) is 6.92 Å². The molecule has 1 N–H and O–H groups in total. The van der Waals surface area contributed by atoms with Gasteiger partial charge in [-0.25, -0.2) is 0 Å². The average molecular weight is 422 g/mol. The lowest BCUT2D eigenvalue weighted by atomic mass is 9.87. The van der Waals surface area contributed by atoms with Crippen LogP contribution >= 0.6 is 0 Å². The van der Waals surface area contributed by atoms with Gasteiger partial charge in [-0.05, 0) is 48.6 Å². The van der Waals surface area contributed by atoms with Gasteiger partial charge in [0.15, 0.2) is 11.9 Å². The predicted molar refractivity (Wildman–Crippen MR) is 122 cm³/mol. The molecule has 0 aliphatic carbocycles. The summed E-state index contributed by atoms with van der Waals surface area (Å²) in [6.45, 7) is 14.1. The quantitative estimate of drug-likeness (QED) is 0.538. The Hall–Kier alpha value is -3.15. The van der Waals surface area contributed by atoms with Crippen LogP contribution in [0.2, 0.25) is 0 Å². The van der Waals surface area contributed by atoms with Gasteiger partial charge in [0, 0.05) is 5.92 Å². The van der Waals surface area contributed by atoms with E-state index in [0.717, 1.165) is 5.56 Å². The normalized spacial score (nSPS) is 12.6. The van der Waals surface area contributed by atoms with Crippen molar-refractivity contribution in [3.8, 4) is 17.2 Å². The lowest BCUT2D eigenvalue weighted by Crippen LogP contribution is -2.30. The van der Waals surface area contributed by atoms with E-state index in [2.05, 4.69) is 36.2 Å². The van der Waals surface area contributed by atoms with Crippen LogP contribution < -0.4 is 10.1 Å². The molecular formula is C25H31N3O3. The molecule has 0 aliphatic rings. The fraction of sp³-hybridized carbons (Fsp3) is 0.400. The Morgan fingerprint density at radius 1 is 1.06 bits per heavy atom. The number of hydrogen-bond acceptors (Lipinski definition) is 5. The molecule has 0 bridgehead atoms. The first kappa shape index (κ1) is 22.5. The molecule has 3 aromatic rings. The number of anilines is 1. The second kappa shape index (κ2) is 8.92. The van der Waals surface area contributed by atoms with Gasteiger partial charge in [-0.3, -0.25) is 4.79 Å². The standard InChI is InChI=1S/C25H31N3O3/c1-15(2)22-27-24(31-28-22)20-10-8-9-16(3)21(20)26-23(29)17(4)30-19-13-11-18(12-14-19)25(5,6)7/h8-15,17H,1-7H3,(H,26,29). The van der Waals surface area contributed by atoms with Gasteiger partial charge in [-0.15, -0.1) is 0 Å². The van der Waals surface area contributed by atoms with Crippen LogP contribution in [0.25, 0.3) is 11.5 Å². The SMILES string of the molecule is Cc1cccc(-c2nc(C(C)C)no2)c1NC(=O)C(C)Oc1ccc(C(C)(C)C)cc1. The van der Waals surface area contributed by atoms with Crippen molar-refractivity contribution in [1.29, 1.82) is 0 Å². The fourth-order valence-electron chi connectivity index (χ4n) is 3.11. The molecule has 1 unspecified atom stereocenters. The van der Waals surface area contributed by atoms with Crippen LogP contribution in [-0.4, -0.2) is 22.2 Å². The summed E-state index contributed by atoms with van der Waals surface area (Å²) < 4.78 is 11.3. The summed E-state index contributed by atoms with van der Waals surface area (Å²) in [6, 6.07) is 13.5. The zero-order valence-electron chi connectivity index (χ0n) is 19.3. The van der Waals surface area contributed by atoms with Gasteiger partial charge in [0.2, 0.25) is 0 Å². The average Bonchev–Trinajstić information content (AvgIpc) is 3.19. The number of aromatic nitrogens is 2. The highest BCUT2D eigenvalue weighted by Gasteiger charge is 2.21. The van der Waals surface area contributed by atoms with Crippen molar-refractivity contribution >= 4 is 11.6 Å². The molecule has 1 amide bonds.